The molecule has 4 radical (unpaired) electrons. The molecule has 0 atom stereocenters. The van der Waals surface area contributed by atoms with Crippen LogP contribution in [-0.2, 0) is 0 Å². The van der Waals surface area contributed by atoms with Crippen LogP contribution < -0.4 is 20.7 Å². The first-order chi connectivity index (χ1) is 12.6. The van der Waals surface area contributed by atoms with Crippen LogP contribution in [-0.4, -0.2) is 56.0 Å². The maximum atomic E-state index is 6.23. The number of nitrogens with zero attached hydrogens (tertiary/aromatic N) is 4. The van der Waals surface area contributed by atoms with E-state index in [-0.39, 0.29) is 5.54 Å². The van der Waals surface area contributed by atoms with E-state index in [1.165, 1.54) is 0 Å². The van der Waals surface area contributed by atoms with Crippen molar-refractivity contribution in [3.63, 3.8) is 0 Å². The highest BCUT2D eigenvalue weighted by Crippen LogP contribution is 2.47. The minimum absolute atomic E-state index is 0.115. The first-order valence-electron chi connectivity index (χ1n) is 9.05. The number of fused-ring (bicyclic) bond motifs is 1. The van der Waals surface area contributed by atoms with E-state index < -0.39 is 0 Å². The van der Waals surface area contributed by atoms with Gasteiger partial charge in [0, 0.05) is 31.2 Å². The van der Waals surface area contributed by atoms with E-state index in [1.54, 1.807) is 0 Å². The maximum absolute atomic E-state index is 6.23. The second-order valence-corrected chi connectivity index (χ2v) is 7.54. The smallest absolute Gasteiger partial charge is 0.158 e. The van der Waals surface area contributed by atoms with Crippen LogP contribution in [0.5, 0.6) is 0 Å². The second-order valence-electron chi connectivity index (χ2n) is 7.54. The fourth-order valence-electron chi connectivity index (χ4n) is 4.17. The average Bonchev–Trinajstić information content (AvgIpc) is 3.23. The standard InChI is InChI=1S/C19H19B2N5/c1-12-9-15(21)18(22-10-12)25-7-8-26(19(11-25)5-6-19)17-13-3-2-4-14(20)16(13)23-24-17/h2-4,9-10H,5-8,11H2,1H3,(H,23,24). The molecule has 3 heterocycles. The third-order valence-electron chi connectivity index (χ3n) is 5.68. The zero-order chi connectivity index (χ0) is 17.9. The summed E-state index contributed by atoms with van der Waals surface area (Å²) in [4.78, 5) is 9.36. The van der Waals surface area contributed by atoms with E-state index in [2.05, 4.69) is 31.0 Å². The van der Waals surface area contributed by atoms with Crippen LogP contribution in [0.2, 0.25) is 0 Å². The van der Waals surface area contributed by atoms with Gasteiger partial charge in [0.05, 0.1) is 11.1 Å². The molecule has 5 nitrogen and oxygen atoms in total. The lowest BCUT2D eigenvalue weighted by molar-refractivity contribution is 0.503. The molecule has 3 aromatic rings. The van der Waals surface area contributed by atoms with E-state index in [4.69, 9.17) is 15.7 Å². The first-order valence-corrected chi connectivity index (χ1v) is 9.05. The third kappa shape index (κ3) is 2.33. The Bertz CT molecular complexity index is 995. The van der Waals surface area contributed by atoms with Gasteiger partial charge in [0.15, 0.2) is 5.82 Å². The van der Waals surface area contributed by atoms with Crippen molar-refractivity contribution in [2.75, 3.05) is 29.4 Å². The molecule has 5 rings (SSSR count). The number of H-pyrrole nitrogens is 1. The van der Waals surface area contributed by atoms with Crippen LogP contribution in [0.1, 0.15) is 18.4 Å². The van der Waals surface area contributed by atoms with E-state index >= 15 is 0 Å². The number of para-hydroxylation sites is 1. The topological polar surface area (TPSA) is 48.1 Å². The summed E-state index contributed by atoms with van der Waals surface area (Å²) in [5.74, 6) is 1.91. The molecule has 1 spiro atoms. The van der Waals surface area contributed by atoms with Crippen molar-refractivity contribution in [2.24, 2.45) is 0 Å². The summed E-state index contributed by atoms with van der Waals surface area (Å²) in [6, 6.07) is 7.98. The number of aryl methyl sites for hydroxylation is 1. The number of pyridine rings is 1. The Morgan fingerprint density at radius 1 is 1.12 bits per heavy atom. The van der Waals surface area contributed by atoms with Gasteiger partial charge < -0.3 is 9.80 Å². The fraction of sp³-hybridized carbons (Fsp3) is 0.368. The highest BCUT2D eigenvalue weighted by Gasteiger charge is 2.52. The quantitative estimate of drug-likeness (QED) is 0.699. The van der Waals surface area contributed by atoms with E-state index in [1.807, 2.05) is 31.3 Å². The van der Waals surface area contributed by atoms with Crippen molar-refractivity contribution in [1.82, 2.24) is 15.2 Å². The van der Waals surface area contributed by atoms with Gasteiger partial charge in [0.2, 0.25) is 0 Å². The van der Waals surface area contributed by atoms with Crippen molar-refractivity contribution in [1.29, 1.82) is 0 Å². The van der Waals surface area contributed by atoms with Crippen molar-refractivity contribution >= 4 is 49.2 Å². The molecular formula is C19H19B2N5. The number of rotatable bonds is 2. The van der Waals surface area contributed by atoms with E-state index in [0.29, 0.717) is 0 Å². The number of piperazine rings is 1. The van der Waals surface area contributed by atoms with Crippen LogP contribution in [0.4, 0.5) is 11.6 Å². The third-order valence-corrected chi connectivity index (χ3v) is 5.68. The molecule has 2 fully saturated rings. The predicted molar refractivity (Wildman–Crippen MR) is 107 cm³/mol. The molecule has 0 amide bonds. The van der Waals surface area contributed by atoms with Gasteiger partial charge in [-0.15, -0.1) is 0 Å². The van der Waals surface area contributed by atoms with Crippen molar-refractivity contribution in [2.45, 2.75) is 25.3 Å². The molecule has 26 heavy (non-hydrogen) atoms. The molecule has 1 saturated heterocycles. The van der Waals surface area contributed by atoms with E-state index in [9.17, 15) is 0 Å². The molecule has 2 aromatic heterocycles. The van der Waals surface area contributed by atoms with Crippen LogP contribution >= 0.6 is 0 Å². The predicted octanol–water partition coefficient (Wildman–Crippen LogP) is 0.713. The minimum Gasteiger partial charge on any atom is -0.353 e. The Labute approximate surface area is 155 Å². The molecule has 1 aliphatic heterocycles. The Kier molecular flexibility index (Phi) is 3.36. The number of benzene rings is 1. The molecule has 0 bridgehead atoms. The summed E-state index contributed by atoms with van der Waals surface area (Å²) in [5, 5.41) is 8.81. The molecule has 126 valence electrons. The largest absolute Gasteiger partial charge is 0.353 e. The molecule has 1 aliphatic carbocycles. The summed E-state index contributed by atoms with van der Waals surface area (Å²) < 4.78 is 0. The monoisotopic (exact) mass is 339 g/mol. The normalized spacial score (nSPS) is 18.7. The van der Waals surface area contributed by atoms with Crippen molar-refractivity contribution in [3.05, 3.63) is 36.0 Å². The van der Waals surface area contributed by atoms with Gasteiger partial charge in [-0.2, -0.15) is 5.10 Å². The summed E-state index contributed by atoms with van der Waals surface area (Å²) in [5.41, 5.74) is 3.62. The molecule has 1 N–H and O–H groups in total. The Morgan fingerprint density at radius 3 is 2.73 bits per heavy atom. The highest BCUT2D eigenvalue weighted by molar-refractivity contribution is 6.38. The number of hydrogen-bond donors (Lipinski definition) is 1. The van der Waals surface area contributed by atoms with Gasteiger partial charge in [-0.3, -0.25) is 5.10 Å². The Balaban J connectivity index is 1.48. The number of anilines is 2. The lowest BCUT2D eigenvalue weighted by Gasteiger charge is -2.43. The van der Waals surface area contributed by atoms with Gasteiger partial charge in [-0.25, -0.2) is 4.98 Å². The number of nitrogens with one attached hydrogen (secondary N) is 1. The lowest BCUT2D eigenvalue weighted by Crippen LogP contribution is -2.56. The second kappa shape index (κ2) is 5.53. The first kappa shape index (κ1) is 15.8. The SMILES string of the molecule is [B]c1cc(C)cnc1N1CCN(c2n[nH]c3c([B])cccc23)C2(CC2)C1. The molecular weight excluding hydrogens is 320 g/mol. The molecule has 1 saturated carbocycles. The average molecular weight is 339 g/mol. The summed E-state index contributed by atoms with van der Waals surface area (Å²) >= 11 is 0. The number of hydrogen-bond acceptors (Lipinski definition) is 4. The Morgan fingerprint density at radius 2 is 1.96 bits per heavy atom. The van der Waals surface area contributed by atoms with Crippen molar-refractivity contribution < 1.29 is 0 Å². The van der Waals surface area contributed by atoms with Crippen LogP contribution in [0.25, 0.3) is 10.9 Å². The zero-order valence-corrected chi connectivity index (χ0v) is 14.9. The number of aromatic nitrogens is 3. The highest BCUT2D eigenvalue weighted by atomic mass is 15.4. The molecule has 7 heteroatoms. The van der Waals surface area contributed by atoms with Gasteiger partial charge in [-0.1, -0.05) is 29.1 Å². The molecule has 1 aromatic carbocycles. The number of aromatic amines is 1. The molecule has 0 unspecified atom stereocenters. The minimum atomic E-state index is 0.115. The van der Waals surface area contributed by atoms with E-state index in [0.717, 1.165) is 71.5 Å². The lowest BCUT2D eigenvalue weighted by atomic mass is 9.93. The van der Waals surface area contributed by atoms with Gasteiger partial charge in [-0.05, 0) is 31.4 Å². The van der Waals surface area contributed by atoms with Gasteiger partial charge in [0.1, 0.15) is 21.5 Å². The van der Waals surface area contributed by atoms with Crippen LogP contribution in [0.3, 0.4) is 0 Å². The van der Waals surface area contributed by atoms with Crippen molar-refractivity contribution in [3.8, 4) is 0 Å². The molecule has 2 aliphatic rings. The van der Waals surface area contributed by atoms with Gasteiger partial charge >= 0.3 is 0 Å². The summed E-state index contributed by atoms with van der Waals surface area (Å²) in [6.07, 6.45) is 4.21. The summed E-state index contributed by atoms with van der Waals surface area (Å²) in [7, 11) is 12.3. The Hall–Kier alpha value is -2.43. The fourth-order valence-corrected chi connectivity index (χ4v) is 4.17. The zero-order valence-electron chi connectivity index (χ0n) is 14.9. The maximum Gasteiger partial charge on any atom is 0.158 e. The summed E-state index contributed by atoms with van der Waals surface area (Å²) in [6.45, 7) is 4.70. The van der Waals surface area contributed by atoms with Gasteiger partial charge in [0.25, 0.3) is 0 Å². The van der Waals surface area contributed by atoms with Crippen LogP contribution in [0, 0.1) is 6.92 Å². The van der Waals surface area contributed by atoms with Crippen LogP contribution in [0.15, 0.2) is 30.5 Å².